The van der Waals surface area contributed by atoms with Gasteiger partial charge in [-0.25, -0.2) is 0 Å². The maximum absolute atomic E-state index is 5.87. The van der Waals surface area contributed by atoms with Crippen LogP contribution in [0.2, 0.25) is 0 Å². The summed E-state index contributed by atoms with van der Waals surface area (Å²) in [5, 5.41) is 6.97. The molecule has 2 aliphatic heterocycles. The first kappa shape index (κ1) is 20.0. The zero-order chi connectivity index (χ0) is 19.1. The number of guanidine groups is 1. The molecule has 1 aromatic carbocycles. The Morgan fingerprint density at radius 1 is 1.26 bits per heavy atom. The van der Waals surface area contributed by atoms with E-state index in [0.29, 0.717) is 0 Å². The quantitative estimate of drug-likeness (QED) is 0.567. The molecule has 2 heterocycles. The van der Waals surface area contributed by atoms with Crippen molar-refractivity contribution >= 4 is 5.96 Å². The van der Waals surface area contributed by atoms with Crippen molar-refractivity contribution in [2.75, 3.05) is 46.9 Å². The number of rotatable bonds is 7. The van der Waals surface area contributed by atoms with E-state index in [4.69, 9.17) is 9.47 Å². The van der Waals surface area contributed by atoms with E-state index in [1.807, 2.05) is 19.2 Å². The van der Waals surface area contributed by atoms with E-state index in [9.17, 15) is 0 Å². The van der Waals surface area contributed by atoms with Crippen LogP contribution in [-0.4, -0.2) is 63.4 Å². The van der Waals surface area contributed by atoms with Crippen LogP contribution >= 0.6 is 0 Å². The Balaban J connectivity index is 1.64. The molecule has 3 rings (SSSR count). The van der Waals surface area contributed by atoms with Crippen LogP contribution in [0.5, 0.6) is 5.75 Å². The molecule has 2 atom stereocenters. The highest BCUT2D eigenvalue weighted by Crippen LogP contribution is 2.31. The highest BCUT2D eigenvalue weighted by atomic mass is 16.5. The van der Waals surface area contributed by atoms with Crippen LogP contribution in [0.15, 0.2) is 29.3 Å². The average Bonchev–Trinajstić information content (AvgIpc) is 3.37. The van der Waals surface area contributed by atoms with Crippen LogP contribution in [0.25, 0.3) is 0 Å². The lowest BCUT2D eigenvalue weighted by molar-refractivity contribution is 0.0242. The molecule has 0 spiro atoms. The van der Waals surface area contributed by atoms with Crippen molar-refractivity contribution in [2.45, 2.75) is 44.2 Å². The number of aliphatic imine (C=N–C) groups is 1. The summed E-state index contributed by atoms with van der Waals surface area (Å²) in [5.74, 6) is 1.77. The van der Waals surface area contributed by atoms with Crippen molar-refractivity contribution in [2.24, 2.45) is 4.99 Å². The Morgan fingerprint density at radius 2 is 2.04 bits per heavy atom. The fourth-order valence-electron chi connectivity index (χ4n) is 4.09. The number of nitrogens with one attached hydrogen (secondary N) is 2. The van der Waals surface area contributed by atoms with Gasteiger partial charge in [0.15, 0.2) is 5.96 Å². The average molecular weight is 375 g/mol. The molecule has 2 N–H and O–H groups in total. The number of hydrogen-bond donors (Lipinski definition) is 2. The summed E-state index contributed by atoms with van der Waals surface area (Å²) in [4.78, 5) is 6.95. The van der Waals surface area contributed by atoms with Gasteiger partial charge in [-0.05, 0) is 51.8 Å². The van der Waals surface area contributed by atoms with Gasteiger partial charge in [-0.15, -0.1) is 0 Å². The van der Waals surface area contributed by atoms with E-state index >= 15 is 0 Å². The highest BCUT2D eigenvalue weighted by molar-refractivity contribution is 5.79. The second-order valence-electron chi connectivity index (χ2n) is 7.71. The molecule has 0 aromatic heterocycles. The van der Waals surface area contributed by atoms with Crippen LogP contribution in [0.3, 0.4) is 0 Å². The molecule has 0 bridgehead atoms. The fraction of sp³-hybridized carbons (Fsp3) is 0.667. The normalized spacial score (nSPS) is 24.8. The lowest BCUT2D eigenvalue weighted by Gasteiger charge is -2.30. The van der Waals surface area contributed by atoms with Gasteiger partial charge in [-0.1, -0.05) is 18.2 Å². The molecule has 0 amide bonds. The van der Waals surface area contributed by atoms with Crippen molar-refractivity contribution in [3.05, 3.63) is 29.8 Å². The largest absolute Gasteiger partial charge is 0.496 e. The molecule has 2 unspecified atom stereocenters. The molecule has 6 nitrogen and oxygen atoms in total. The number of methoxy groups -OCH3 is 1. The van der Waals surface area contributed by atoms with Gasteiger partial charge in [0, 0.05) is 32.3 Å². The second kappa shape index (κ2) is 9.42. The van der Waals surface area contributed by atoms with Gasteiger partial charge >= 0.3 is 0 Å². The molecule has 0 aliphatic carbocycles. The van der Waals surface area contributed by atoms with E-state index in [2.05, 4.69) is 39.6 Å². The van der Waals surface area contributed by atoms with E-state index in [1.54, 1.807) is 7.11 Å². The lowest BCUT2D eigenvalue weighted by Crippen LogP contribution is -2.47. The van der Waals surface area contributed by atoms with E-state index < -0.39 is 0 Å². The Morgan fingerprint density at radius 3 is 2.70 bits per heavy atom. The summed E-state index contributed by atoms with van der Waals surface area (Å²) in [6.45, 7) is 6.84. The standard InChI is InChI=1S/C21H34N4O2/c1-21(11-8-14-27-21)16-24-20(22-2)23-15-18(25-12-6-7-13-25)17-9-4-5-10-19(17)26-3/h4-5,9-10,18H,6-8,11-16H2,1-3H3,(H2,22,23,24). The van der Waals surface area contributed by atoms with Gasteiger partial charge in [0.2, 0.25) is 0 Å². The van der Waals surface area contributed by atoms with Crippen LogP contribution < -0.4 is 15.4 Å². The number of para-hydroxylation sites is 1. The smallest absolute Gasteiger partial charge is 0.191 e. The van der Waals surface area contributed by atoms with Gasteiger partial charge in [0.1, 0.15) is 5.75 Å². The molecule has 1 aromatic rings. The Labute approximate surface area is 163 Å². The van der Waals surface area contributed by atoms with Crippen LogP contribution in [-0.2, 0) is 4.74 Å². The summed E-state index contributed by atoms with van der Waals surface area (Å²) in [6, 6.07) is 8.60. The summed E-state index contributed by atoms with van der Waals surface area (Å²) in [7, 11) is 3.57. The SMILES string of the molecule is CN=C(NCC(c1ccccc1OC)N1CCCC1)NCC1(C)CCCO1. The predicted molar refractivity (Wildman–Crippen MR) is 109 cm³/mol. The molecule has 150 valence electrons. The third-order valence-electron chi connectivity index (χ3n) is 5.70. The number of hydrogen-bond acceptors (Lipinski definition) is 4. The Bertz CT molecular complexity index is 622. The summed E-state index contributed by atoms with van der Waals surface area (Å²) in [5.41, 5.74) is 1.14. The van der Waals surface area contributed by atoms with Gasteiger partial charge in [0.25, 0.3) is 0 Å². The zero-order valence-corrected chi connectivity index (χ0v) is 17.0. The molecule has 0 saturated carbocycles. The van der Waals surface area contributed by atoms with Crippen molar-refractivity contribution < 1.29 is 9.47 Å². The second-order valence-corrected chi connectivity index (χ2v) is 7.71. The van der Waals surface area contributed by atoms with Crippen LogP contribution in [0.4, 0.5) is 0 Å². The molecule has 2 fully saturated rings. The van der Waals surface area contributed by atoms with Crippen LogP contribution in [0.1, 0.15) is 44.2 Å². The first-order valence-corrected chi connectivity index (χ1v) is 10.1. The molecular weight excluding hydrogens is 340 g/mol. The lowest BCUT2D eigenvalue weighted by atomic mass is 10.0. The summed E-state index contributed by atoms with van der Waals surface area (Å²) < 4.78 is 11.5. The fourth-order valence-corrected chi connectivity index (χ4v) is 4.09. The third-order valence-corrected chi connectivity index (χ3v) is 5.70. The zero-order valence-electron chi connectivity index (χ0n) is 17.0. The Kier molecular flexibility index (Phi) is 6.96. The van der Waals surface area contributed by atoms with Crippen LogP contribution in [0, 0.1) is 0 Å². The molecule has 27 heavy (non-hydrogen) atoms. The topological polar surface area (TPSA) is 58.1 Å². The maximum atomic E-state index is 5.87. The molecule has 2 aliphatic rings. The molecule has 0 radical (unpaired) electrons. The number of likely N-dealkylation sites (tertiary alicyclic amines) is 1. The number of ether oxygens (including phenoxy) is 2. The summed E-state index contributed by atoms with van der Waals surface area (Å²) in [6.07, 6.45) is 4.74. The van der Waals surface area contributed by atoms with E-state index in [1.165, 1.54) is 18.4 Å². The van der Waals surface area contributed by atoms with E-state index in [-0.39, 0.29) is 11.6 Å². The Hall–Kier alpha value is -1.79. The van der Waals surface area contributed by atoms with Gasteiger partial charge in [-0.3, -0.25) is 9.89 Å². The third kappa shape index (κ3) is 5.14. The number of benzene rings is 1. The molecular formula is C21H34N4O2. The molecule has 2 saturated heterocycles. The maximum Gasteiger partial charge on any atom is 0.191 e. The van der Waals surface area contributed by atoms with Gasteiger partial charge < -0.3 is 20.1 Å². The van der Waals surface area contributed by atoms with Gasteiger partial charge in [-0.2, -0.15) is 0 Å². The van der Waals surface area contributed by atoms with Crippen molar-refractivity contribution in [3.8, 4) is 5.75 Å². The highest BCUT2D eigenvalue weighted by Gasteiger charge is 2.30. The summed E-state index contributed by atoms with van der Waals surface area (Å²) >= 11 is 0. The minimum Gasteiger partial charge on any atom is -0.496 e. The van der Waals surface area contributed by atoms with Crippen molar-refractivity contribution in [3.63, 3.8) is 0 Å². The van der Waals surface area contributed by atoms with Gasteiger partial charge in [0.05, 0.1) is 18.8 Å². The minimum atomic E-state index is -0.0887. The van der Waals surface area contributed by atoms with Crippen molar-refractivity contribution in [1.82, 2.24) is 15.5 Å². The molecule has 6 heteroatoms. The first-order chi connectivity index (χ1) is 13.1. The first-order valence-electron chi connectivity index (χ1n) is 10.1. The number of nitrogens with zero attached hydrogens (tertiary/aromatic N) is 2. The predicted octanol–water partition coefficient (Wildman–Crippen LogP) is 2.57. The minimum absolute atomic E-state index is 0.0887. The van der Waals surface area contributed by atoms with Crippen molar-refractivity contribution in [1.29, 1.82) is 0 Å². The van der Waals surface area contributed by atoms with E-state index in [0.717, 1.165) is 57.3 Å². The monoisotopic (exact) mass is 374 g/mol.